The van der Waals surface area contributed by atoms with Crippen LogP contribution in [0.5, 0.6) is 0 Å². The van der Waals surface area contributed by atoms with Crippen molar-refractivity contribution < 1.29 is 18.3 Å². The number of hydrogen-bond donors (Lipinski definition) is 1. The Morgan fingerprint density at radius 1 is 1.14 bits per heavy atom. The van der Waals surface area contributed by atoms with Gasteiger partial charge in [0.15, 0.2) is 0 Å². The quantitative estimate of drug-likeness (QED) is 0.869. The summed E-state index contributed by atoms with van der Waals surface area (Å²) in [6.45, 7) is 0.0168. The van der Waals surface area contributed by atoms with Crippen LogP contribution in [0.4, 0.5) is 13.2 Å². The molecule has 1 N–H and O–H groups in total. The van der Waals surface area contributed by atoms with Gasteiger partial charge in [-0.1, -0.05) is 17.7 Å². The summed E-state index contributed by atoms with van der Waals surface area (Å²) in [5.74, 6) is 0. The summed E-state index contributed by atoms with van der Waals surface area (Å²) in [7, 11) is 0. The molecule has 0 aliphatic carbocycles. The Hall–Kier alpha value is -1.85. The molecule has 1 heterocycles. The fourth-order valence-corrected chi connectivity index (χ4v) is 2.71. The third-order valence-electron chi connectivity index (χ3n) is 3.58. The molecule has 2 aromatic carbocycles. The van der Waals surface area contributed by atoms with Gasteiger partial charge in [-0.05, 0) is 41.0 Å². The van der Waals surface area contributed by atoms with Gasteiger partial charge in [0.25, 0.3) is 0 Å². The number of hydrogen-bond acceptors (Lipinski definition) is 2. The van der Waals surface area contributed by atoms with Gasteiger partial charge in [-0.15, -0.1) is 0 Å². The maximum Gasteiger partial charge on any atom is 0.416 e. The predicted octanol–water partition coefficient (Wildman–Crippen LogP) is 4.45. The van der Waals surface area contributed by atoms with Crippen molar-refractivity contribution in [2.75, 3.05) is 0 Å². The van der Waals surface area contributed by atoms with Crippen molar-refractivity contribution in [2.45, 2.75) is 19.3 Å². The van der Waals surface area contributed by atoms with Crippen LogP contribution < -0.4 is 0 Å². The number of aliphatic hydroxyl groups excluding tert-OH is 1. The second kappa shape index (κ2) is 5.41. The molecule has 0 atom stereocenters. The molecule has 2 nitrogen and oxygen atoms in total. The smallest absolute Gasteiger partial charge is 0.392 e. The summed E-state index contributed by atoms with van der Waals surface area (Å²) in [6, 6.07) is 7.01. The predicted molar refractivity (Wildman–Crippen MR) is 79.1 cm³/mol. The standard InChI is InChI=1S/C16H11ClF3NO/c17-15-2-1-9(8-22)3-13(15)12-5-11(16(18,19)20)4-10-6-21-7-14(10)12/h1-5,7,22H,6,8H2. The van der Waals surface area contributed by atoms with E-state index in [2.05, 4.69) is 4.99 Å². The van der Waals surface area contributed by atoms with E-state index in [-0.39, 0.29) is 13.2 Å². The molecule has 2 aromatic rings. The van der Waals surface area contributed by atoms with E-state index < -0.39 is 11.7 Å². The third kappa shape index (κ3) is 2.62. The summed E-state index contributed by atoms with van der Waals surface area (Å²) in [5.41, 5.74) is 1.87. The van der Waals surface area contributed by atoms with Gasteiger partial charge in [0.05, 0.1) is 18.7 Å². The van der Waals surface area contributed by atoms with Crippen molar-refractivity contribution >= 4 is 17.8 Å². The van der Waals surface area contributed by atoms with E-state index in [0.29, 0.717) is 32.8 Å². The monoisotopic (exact) mass is 325 g/mol. The summed E-state index contributed by atoms with van der Waals surface area (Å²) in [6.07, 6.45) is -2.87. The maximum absolute atomic E-state index is 13.1. The Morgan fingerprint density at radius 3 is 2.59 bits per heavy atom. The number of aliphatic hydroxyl groups is 1. The first-order valence-electron chi connectivity index (χ1n) is 6.54. The number of fused-ring (bicyclic) bond motifs is 1. The molecule has 0 bridgehead atoms. The van der Waals surface area contributed by atoms with Crippen molar-refractivity contribution in [1.82, 2.24) is 0 Å². The first kappa shape index (κ1) is 15.1. The summed E-state index contributed by atoms with van der Waals surface area (Å²) >= 11 is 6.15. The van der Waals surface area contributed by atoms with Crippen LogP contribution in [0.15, 0.2) is 35.3 Å². The number of alkyl halides is 3. The lowest BCUT2D eigenvalue weighted by Gasteiger charge is -2.15. The highest BCUT2D eigenvalue weighted by molar-refractivity contribution is 6.33. The molecular weight excluding hydrogens is 315 g/mol. The highest BCUT2D eigenvalue weighted by atomic mass is 35.5. The SMILES string of the molecule is OCc1ccc(Cl)c(-c2cc(C(F)(F)F)cc3c2C=NC3)c1. The molecule has 0 unspecified atom stereocenters. The molecule has 0 amide bonds. The lowest BCUT2D eigenvalue weighted by molar-refractivity contribution is -0.137. The van der Waals surface area contributed by atoms with E-state index in [1.165, 1.54) is 0 Å². The van der Waals surface area contributed by atoms with Crippen LogP contribution in [-0.2, 0) is 19.3 Å². The first-order chi connectivity index (χ1) is 10.4. The lowest BCUT2D eigenvalue weighted by atomic mass is 9.93. The van der Waals surface area contributed by atoms with Gasteiger partial charge in [0.1, 0.15) is 0 Å². The van der Waals surface area contributed by atoms with Crippen LogP contribution in [0.3, 0.4) is 0 Å². The van der Waals surface area contributed by atoms with Crippen LogP contribution in [0.25, 0.3) is 11.1 Å². The molecule has 3 rings (SSSR count). The van der Waals surface area contributed by atoms with Crippen molar-refractivity contribution in [3.8, 4) is 11.1 Å². The van der Waals surface area contributed by atoms with Gasteiger partial charge in [-0.25, -0.2) is 0 Å². The van der Waals surface area contributed by atoms with E-state index in [1.54, 1.807) is 24.4 Å². The molecule has 0 fully saturated rings. The Kier molecular flexibility index (Phi) is 3.70. The number of aliphatic imine (C=N–C) groups is 1. The van der Waals surface area contributed by atoms with E-state index in [9.17, 15) is 18.3 Å². The molecule has 0 aromatic heterocycles. The summed E-state index contributed by atoms with van der Waals surface area (Å²) in [4.78, 5) is 4.05. The minimum absolute atomic E-state index is 0.209. The largest absolute Gasteiger partial charge is 0.416 e. The zero-order valence-corrected chi connectivity index (χ0v) is 12.0. The van der Waals surface area contributed by atoms with Crippen molar-refractivity contribution in [3.63, 3.8) is 0 Å². The van der Waals surface area contributed by atoms with Gasteiger partial charge < -0.3 is 5.11 Å². The number of rotatable bonds is 2. The molecule has 22 heavy (non-hydrogen) atoms. The maximum atomic E-state index is 13.1. The van der Waals surface area contributed by atoms with Crippen LogP contribution >= 0.6 is 11.6 Å². The minimum atomic E-state index is -4.44. The first-order valence-corrected chi connectivity index (χ1v) is 6.91. The molecule has 114 valence electrons. The molecule has 6 heteroatoms. The van der Waals surface area contributed by atoms with E-state index in [4.69, 9.17) is 11.6 Å². The average molecular weight is 326 g/mol. The number of nitrogens with zero attached hydrogens (tertiary/aromatic N) is 1. The van der Waals surface area contributed by atoms with Gasteiger partial charge in [0.2, 0.25) is 0 Å². The van der Waals surface area contributed by atoms with Crippen LogP contribution in [0.1, 0.15) is 22.3 Å². The Bertz CT molecular complexity index is 769. The van der Waals surface area contributed by atoms with Gasteiger partial charge >= 0.3 is 6.18 Å². The zero-order valence-electron chi connectivity index (χ0n) is 11.3. The molecule has 0 saturated heterocycles. The normalized spacial score (nSPS) is 13.5. The van der Waals surface area contributed by atoms with E-state index >= 15 is 0 Å². The highest BCUT2D eigenvalue weighted by Crippen LogP contribution is 2.39. The van der Waals surface area contributed by atoms with Crippen molar-refractivity contribution in [2.24, 2.45) is 4.99 Å². The molecule has 1 aliphatic heterocycles. The average Bonchev–Trinajstić information content (AvgIpc) is 2.94. The summed E-state index contributed by atoms with van der Waals surface area (Å²) < 4.78 is 39.3. The third-order valence-corrected chi connectivity index (χ3v) is 3.91. The minimum Gasteiger partial charge on any atom is -0.392 e. The highest BCUT2D eigenvalue weighted by Gasteiger charge is 2.33. The molecule has 0 radical (unpaired) electrons. The molecule has 0 spiro atoms. The van der Waals surface area contributed by atoms with Crippen LogP contribution in [0.2, 0.25) is 5.02 Å². The fourth-order valence-electron chi connectivity index (χ4n) is 2.50. The van der Waals surface area contributed by atoms with Gasteiger partial charge in [-0.3, -0.25) is 4.99 Å². The number of halogens is 4. The van der Waals surface area contributed by atoms with Gasteiger partial charge in [-0.2, -0.15) is 13.2 Å². The van der Waals surface area contributed by atoms with Crippen molar-refractivity contribution in [3.05, 3.63) is 57.6 Å². The molecular formula is C16H11ClF3NO. The Balaban J connectivity index is 2.26. The van der Waals surface area contributed by atoms with Crippen LogP contribution in [0, 0.1) is 0 Å². The Labute approximate surface area is 129 Å². The number of benzene rings is 2. The molecule has 1 aliphatic rings. The lowest BCUT2D eigenvalue weighted by Crippen LogP contribution is -2.07. The Morgan fingerprint density at radius 2 is 1.91 bits per heavy atom. The fraction of sp³-hybridized carbons (Fsp3) is 0.188. The van der Waals surface area contributed by atoms with E-state index in [1.807, 2.05) is 0 Å². The van der Waals surface area contributed by atoms with E-state index in [0.717, 1.165) is 12.1 Å². The molecule has 0 saturated carbocycles. The van der Waals surface area contributed by atoms with Gasteiger partial charge in [0, 0.05) is 22.4 Å². The second-order valence-electron chi connectivity index (χ2n) is 5.04. The van der Waals surface area contributed by atoms with Crippen molar-refractivity contribution in [1.29, 1.82) is 0 Å². The zero-order chi connectivity index (χ0) is 15.9. The van der Waals surface area contributed by atoms with Crippen LogP contribution in [-0.4, -0.2) is 11.3 Å². The second-order valence-corrected chi connectivity index (χ2v) is 5.44. The summed E-state index contributed by atoms with van der Waals surface area (Å²) in [5, 5.41) is 9.56. The topological polar surface area (TPSA) is 32.6 Å².